The molecule has 0 aliphatic heterocycles. The normalized spacial score (nSPS) is 10.6. The smallest absolute Gasteiger partial charge is 0.276 e. The second kappa shape index (κ2) is 7.70. The number of benzene rings is 2. The first kappa shape index (κ1) is 16.8. The maximum Gasteiger partial charge on any atom is 0.276 e. The molecule has 0 aliphatic rings. The maximum absolute atomic E-state index is 13.7. The molecule has 0 spiro atoms. The lowest BCUT2D eigenvalue weighted by Gasteiger charge is -2.19. The fraction of sp³-hybridized carbons (Fsp3) is 0.211. The minimum Gasteiger partial charge on any atom is -0.333 e. The Hall–Kier alpha value is -3.02. The van der Waals surface area contributed by atoms with E-state index in [1.54, 1.807) is 29.3 Å². The molecule has 0 bridgehead atoms. The standard InChI is InChI=1S/C19H19FN4O/c1-2-23(12-15-8-4-3-5-9-15)19(25)18-14-24(22-21-18)13-16-10-6-7-11-17(16)20/h3-11,14H,2,12-13H2,1H3. The van der Waals surface area contributed by atoms with Crippen LogP contribution in [0.25, 0.3) is 0 Å². The van der Waals surface area contributed by atoms with Crippen molar-refractivity contribution in [3.63, 3.8) is 0 Å². The molecule has 0 atom stereocenters. The summed E-state index contributed by atoms with van der Waals surface area (Å²) in [6, 6.07) is 16.3. The van der Waals surface area contributed by atoms with Crippen LogP contribution in [0.15, 0.2) is 60.8 Å². The van der Waals surface area contributed by atoms with Crippen LogP contribution in [0.4, 0.5) is 4.39 Å². The summed E-state index contributed by atoms with van der Waals surface area (Å²) in [4.78, 5) is 14.4. The lowest BCUT2D eigenvalue weighted by molar-refractivity contribution is 0.0746. The molecule has 0 saturated carbocycles. The van der Waals surface area contributed by atoms with Crippen molar-refractivity contribution in [1.82, 2.24) is 19.9 Å². The summed E-state index contributed by atoms with van der Waals surface area (Å²) in [6.07, 6.45) is 1.56. The third-order valence-electron chi connectivity index (χ3n) is 3.93. The Kier molecular flexibility index (Phi) is 5.18. The van der Waals surface area contributed by atoms with E-state index in [9.17, 15) is 9.18 Å². The van der Waals surface area contributed by atoms with Crippen molar-refractivity contribution < 1.29 is 9.18 Å². The molecule has 2 aromatic carbocycles. The second-order valence-electron chi connectivity index (χ2n) is 5.70. The molecule has 0 aliphatic carbocycles. The maximum atomic E-state index is 13.7. The molecular weight excluding hydrogens is 319 g/mol. The van der Waals surface area contributed by atoms with Crippen LogP contribution < -0.4 is 0 Å². The van der Waals surface area contributed by atoms with Crippen molar-refractivity contribution in [2.45, 2.75) is 20.0 Å². The summed E-state index contributed by atoms with van der Waals surface area (Å²) >= 11 is 0. The fourth-order valence-electron chi connectivity index (χ4n) is 2.57. The third kappa shape index (κ3) is 4.09. The van der Waals surface area contributed by atoms with E-state index < -0.39 is 0 Å². The van der Waals surface area contributed by atoms with Crippen molar-refractivity contribution in [3.8, 4) is 0 Å². The summed E-state index contributed by atoms with van der Waals surface area (Å²) in [5, 5.41) is 7.90. The van der Waals surface area contributed by atoms with Gasteiger partial charge in [-0.25, -0.2) is 9.07 Å². The van der Waals surface area contributed by atoms with Gasteiger partial charge in [0, 0.05) is 18.7 Å². The SMILES string of the molecule is CCN(Cc1ccccc1)C(=O)c1cn(Cc2ccccc2F)nn1. The average Bonchev–Trinajstić information content (AvgIpc) is 3.10. The van der Waals surface area contributed by atoms with Crippen LogP contribution in [-0.4, -0.2) is 32.3 Å². The molecule has 128 valence electrons. The monoisotopic (exact) mass is 338 g/mol. The second-order valence-corrected chi connectivity index (χ2v) is 5.70. The Labute approximate surface area is 145 Å². The van der Waals surface area contributed by atoms with Crippen LogP contribution in [0, 0.1) is 5.82 Å². The molecule has 3 aromatic rings. The Bertz CT molecular complexity index is 847. The Morgan fingerprint density at radius 3 is 2.56 bits per heavy atom. The van der Waals surface area contributed by atoms with Crippen molar-refractivity contribution in [2.75, 3.05) is 6.54 Å². The Balaban J connectivity index is 1.72. The fourth-order valence-corrected chi connectivity index (χ4v) is 2.57. The highest BCUT2D eigenvalue weighted by Crippen LogP contribution is 2.11. The summed E-state index contributed by atoms with van der Waals surface area (Å²) < 4.78 is 15.2. The van der Waals surface area contributed by atoms with Gasteiger partial charge in [0.25, 0.3) is 5.91 Å². The van der Waals surface area contributed by atoms with Gasteiger partial charge >= 0.3 is 0 Å². The van der Waals surface area contributed by atoms with Crippen molar-refractivity contribution >= 4 is 5.91 Å². The zero-order chi connectivity index (χ0) is 17.6. The van der Waals surface area contributed by atoms with Gasteiger partial charge in [-0.05, 0) is 18.6 Å². The predicted molar refractivity (Wildman–Crippen MR) is 92.4 cm³/mol. The Morgan fingerprint density at radius 1 is 1.12 bits per heavy atom. The lowest BCUT2D eigenvalue weighted by atomic mass is 10.2. The molecule has 25 heavy (non-hydrogen) atoms. The van der Waals surface area contributed by atoms with Gasteiger partial charge in [-0.2, -0.15) is 0 Å². The first-order chi connectivity index (χ1) is 12.2. The molecule has 3 rings (SSSR count). The van der Waals surface area contributed by atoms with Gasteiger partial charge in [0.05, 0.1) is 12.7 Å². The summed E-state index contributed by atoms with van der Waals surface area (Å²) in [6.45, 7) is 3.23. The van der Waals surface area contributed by atoms with Gasteiger partial charge in [-0.15, -0.1) is 5.10 Å². The molecule has 0 unspecified atom stereocenters. The number of carbonyl (C=O) groups excluding carboxylic acids is 1. The number of rotatable bonds is 6. The van der Waals surface area contributed by atoms with E-state index in [2.05, 4.69) is 10.3 Å². The number of amides is 1. The van der Waals surface area contributed by atoms with E-state index in [1.807, 2.05) is 37.3 Å². The van der Waals surface area contributed by atoms with Gasteiger partial charge < -0.3 is 4.90 Å². The number of aromatic nitrogens is 3. The van der Waals surface area contributed by atoms with E-state index in [0.29, 0.717) is 18.7 Å². The molecule has 0 radical (unpaired) electrons. The van der Waals surface area contributed by atoms with Gasteiger partial charge in [-0.3, -0.25) is 4.79 Å². The van der Waals surface area contributed by atoms with Crippen LogP contribution in [-0.2, 0) is 13.1 Å². The molecule has 0 N–H and O–H groups in total. The first-order valence-corrected chi connectivity index (χ1v) is 8.14. The third-order valence-corrected chi connectivity index (χ3v) is 3.93. The highest BCUT2D eigenvalue weighted by atomic mass is 19.1. The van der Waals surface area contributed by atoms with Crippen LogP contribution in [0.1, 0.15) is 28.5 Å². The lowest BCUT2D eigenvalue weighted by Crippen LogP contribution is -2.30. The van der Waals surface area contributed by atoms with Crippen LogP contribution in [0.5, 0.6) is 0 Å². The molecule has 1 amide bonds. The minimum atomic E-state index is -0.301. The van der Waals surface area contributed by atoms with Crippen LogP contribution in [0.3, 0.4) is 0 Å². The highest BCUT2D eigenvalue weighted by molar-refractivity contribution is 5.91. The number of nitrogens with zero attached hydrogens (tertiary/aromatic N) is 4. The van der Waals surface area contributed by atoms with Crippen molar-refractivity contribution in [2.24, 2.45) is 0 Å². The largest absolute Gasteiger partial charge is 0.333 e. The minimum absolute atomic E-state index is 0.189. The highest BCUT2D eigenvalue weighted by Gasteiger charge is 2.18. The molecule has 0 fully saturated rings. The number of hydrogen-bond acceptors (Lipinski definition) is 3. The van der Waals surface area contributed by atoms with E-state index in [0.717, 1.165) is 5.56 Å². The number of halogens is 1. The number of carbonyl (C=O) groups is 1. The summed E-state index contributed by atoms with van der Waals surface area (Å²) in [5.74, 6) is -0.490. The van der Waals surface area contributed by atoms with Crippen LogP contribution >= 0.6 is 0 Å². The van der Waals surface area contributed by atoms with E-state index in [4.69, 9.17) is 0 Å². The van der Waals surface area contributed by atoms with Crippen molar-refractivity contribution in [1.29, 1.82) is 0 Å². The molecule has 6 heteroatoms. The zero-order valence-corrected chi connectivity index (χ0v) is 14.0. The summed E-state index contributed by atoms with van der Waals surface area (Å²) in [5.41, 5.74) is 1.81. The zero-order valence-electron chi connectivity index (χ0n) is 14.0. The topological polar surface area (TPSA) is 51.0 Å². The molecule has 1 aromatic heterocycles. The van der Waals surface area contributed by atoms with Gasteiger partial charge in [-0.1, -0.05) is 53.7 Å². The molecule has 5 nitrogen and oxygen atoms in total. The van der Waals surface area contributed by atoms with E-state index in [1.165, 1.54) is 10.7 Å². The van der Waals surface area contributed by atoms with Gasteiger partial charge in [0.2, 0.25) is 0 Å². The van der Waals surface area contributed by atoms with Crippen molar-refractivity contribution in [3.05, 3.63) is 83.4 Å². The molecule has 0 saturated heterocycles. The van der Waals surface area contributed by atoms with Crippen LogP contribution in [0.2, 0.25) is 0 Å². The van der Waals surface area contributed by atoms with E-state index in [-0.39, 0.29) is 24.0 Å². The quantitative estimate of drug-likeness (QED) is 0.694. The average molecular weight is 338 g/mol. The summed E-state index contributed by atoms with van der Waals surface area (Å²) in [7, 11) is 0. The molecule has 1 heterocycles. The predicted octanol–water partition coefficient (Wildman–Crippen LogP) is 3.13. The van der Waals surface area contributed by atoms with Gasteiger partial charge in [0.15, 0.2) is 5.69 Å². The van der Waals surface area contributed by atoms with Gasteiger partial charge in [0.1, 0.15) is 5.82 Å². The molecular formula is C19H19FN4O. The Morgan fingerprint density at radius 2 is 1.84 bits per heavy atom. The first-order valence-electron chi connectivity index (χ1n) is 8.14. The van der Waals surface area contributed by atoms with E-state index >= 15 is 0 Å². The number of hydrogen-bond donors (Lipinski definition) is 0.